The smallest absolute Gasteiger partial charge is 0.163 e. The summed E-state index contributed by atoms with van der Waals surface area (Å²) in [5.74, 6) is 2.79. The molecule has 6 rings (SSSR count). The number of nitrogen functional groups attached to an aromatic ring is 1. The van der Waals surface area contributed by atoms with Crippen LogP contribution >= 0.6 is 0 Å². The van der Waals surface area contributed by atoms with Crippen LogP contribution in [-0.2, 0) is 0 Å². The highest BCUT2D eigenvalue weighted by Crippen LogP contribution is 2.36. The van der Waals surface area contributed by atoms with E-state index >= 15 is 0 Å². The minimum atomic E-state index is 0.208. The lowest BCUT2D eigenvalue weighted by Crippen LogP contribution is -2.48. The number of anilines is 4. The molecule has 2 aliphatic rings. The predicted octanol–water partition coefficient (Wildman–Crippen LogP) is 4.49. The molecule has 1 saturated heterocycles. The van der Waals surface area contributed by atoms with Gasteiger partial charge in [-0.25, -0.2) is 9.97 Å². The van der Waals surface area contributed by atoms with Gasteiger partial charge in [0.1, 0.15) is 25.2 Å². The fraction of sp³-hybridized carbons (Fsp3) is 0.241. The van der Waals surface area contributed by atoms with Gasteiger partial charge >= 0.3 is 0 Å². The lowest BCUT2D eigenvalue weighted by molar-refractivity contribution is 0.171. The van der Waals surface area contributed by atoms with Gasteiger partial charge in [-0.15, -0.1) is 0 Å². The Kier molecular flexibility index (Phi) is 6.47. The molecule has 8 nitrogen and oxygen atoms in total. The summed E-state index contributed by atoms with van der Waals surface area (Å²) in [6.07, 6.45) is 1.56. The molecule has 0 atom stereocenters. The van der Waals surface area contributed by atoms with Gasteiger partial charge in [0.25, 0.3) is 0 Å². The standard InChI is InChI=1S/C29H30N6O2/c30-26-28(33-23-11-12-24-25(19-23)37-18-17-36-24)31-20-32-29(26)35-15-13-34(14-16-35)27(21-7-3-1-4-8-21)22-9-5-2-6-10-22/h1-12,19-20,27H,13-18,30H2,(H,31,32,33). The summed E-state index contributed by atoms with van der Waals surface area (Å²) in [4.78, 5) is 13.7. The summed E-state index contributed by atoms with van der Waals surface area (Å²) in [6.45, 7) is 4.53. The lowest BCUT2D eigenvalue weighted by Gasteiger charge is -2.40. The number of nitrogens with zero attached hydrogens (tertiary/aromatic N) is 4. The van der Waals surface area contributed by atoms with Crippen molar-refractivity contribution in [3.8, 4) is 11.5 Å². The number of benzene rings is 3. The fourth-order valence-corrected chi connectivity index (χ4v) is 5.07. The molecule has 4 aromatic rings. The van der Waals surface area contributed by atoms with Gasteiger partial charge in [-0.1, -0.05) is 60.7 Å². The summed E-state index contributed by atoms with van der Waals surface area (Å²) in [6, 6.07) is 27.4. The zero-order valence-corrected chi connectivity index (χ0v) is 20.6. The maximum Gasteiger partial charge on any atom is 0.163 e. The van der Waals surface area contributed by atoms with E-state index in [2.05, 4.69) is 85.7 Å². The van der Waals surface area contributed by atoms with E-state index in [4.69, 9.17) is 15.2 Å². The van der Waals surface area contributed by atoms with E-state index in [1.54, 1.807) is 6.33 Å². The van der Waals surface area contributed by atoms with Gasteiger partial charge in [0, 0.05) is 37.9 Å². The topological polar surface area (TPSA) is 88.8 Å². The monoisotopic (exact) mass is 494 g/mol. The van der Waals surface area contributed by atoms with Crippen molar-refractivity contribution in [2.75, 3.05) is 55.3 Å². The number of nitrogens with one attached hydrogen (secondary N) is 1. The van der Waals surface area contributed by atoms with E-state index in [0.717, 1.165) is 43.4 Å². The molecule has 188 valence electrons. The molecule has 2 aliphatic heterocycles. The first-order valence-corrected chi connectivity index (χ1v) is 12.6. The second kappa shape index (κ2) is 10.4. The van der Waals surface area contributed by atoms with Crippen LogP contribution < -0.4 is 25.4 Å². The third-order valence-electron chi connectivity index (χ3n) is 6.88. The summed E-state index contributed by atoms with van der Waals surface area (Å²) < 4.78 is 11.3. The van der Waals surface area contributed by atoms with Crippen LogP contribution in [0.4, 0.5) is 23.0 Å². The molecular weight excluding hydrogens is 464 g/mol. The van der Waals surface area contributed by atoms with E-state index in [0.29, 0.717) is 30.5 Å². The molecule has 0 bridgehead atoms. The SMILES string of the molecule is Nc1c(Nc2ccc3c(c2)OCCO3)ncnc1N1CCN(C(c2ccccc2)c2ccccc2)CC1. The van der Waals surface area contributed by atoms with Crippen molar-refractivity contribution in [3.63, 3.8) is 0 Å². The van der Waals surface area contributed by atoms with Gasteiger partial charge in [0.05, 0.1) is 6.04 Å². The Morgan fingerprint density at radius 2 is 1.41 bits per heavy atom. The first-order chi connectivity index (χ1) is 18.3. The first kappa shape index (κ1) is 23.1. The Labute approximate surface area is 216 Å². The molecular formula is C29H30N6O2. The quantitative estimate of drug-likeness (QED) is 0.406. The first-order valence-electron chi connectivity index (χ1n) is 12.6. The van der Waals surface area contributed by atoms with Gasteiger partial charge in [0.2, 0.25) is 0 Å². The molecule has 0 spiro atoms. The van der Waals surface area contributed by atoms with Crippen molar-refractivity contribution in [2.24, 2.45) is 0 Å². The van der Waals surface area contributed by atoms with Crippen molar-refractivity contribution in [1.29, 1.82) is 0 Å². The summed E-state index contributed by atoms with van der Waals surface area (Å²) >= 11 is 0. The van der Waals surface area contributed by atoms with E-state index in [-0.39, 0.29) is 6.04 Å². The number of aromatic nitrogens is 2. The van der Waals surface area contributed by atoms with Gasteiger partial charge in [-0.3, -0.25) is 4.90 Å². The Hall–Kier alpha value is -4.30. The van der Waals surface area contributed by atoms with Crippen LogP contribution in [0.1, 0.15) is 17.2 Å². The van der Waals surface area contributed by atoms with Gasteiger partial charge in [0.15, 0.2) is 23.1 Å². The molecule has 3 heterocycles. The maximum atomic E-state index is 6.58. The maximum absolute atomic E-state index is 6.58. The Morgan fingerprint density at radius 1 is 0.757 bits per heavy atom. The summed E-state index contributed by atoms with van der Waals surface area (Å²) in [5.41, 5.74) is 10.5. The van der Waals surface area contributed by atoms with E-state index in [1.165, 1.54) is 11.1 Å². The van der Waals surface area contributed by atoms with Crippen LogP contribution in [0.25, 0.3) is 0 Å². The minimum Gasteiger partial charge on any atom is -0.486 e. The van der Waals surface area contributed by atoms with E-state index in [1.807, 2.05) is 18.2 Å². The molecule has 37 heavy (non-hydrogen) atoms. The minimum absolute atomic E-state index is 0.208. The van der Waals surface area contributed by atoms with Crippen LogP contribution in [0.3, 0.4) is 0 Å². The zero-order chi connectivity index (χ0) is 25.0. The van der Waals surface area contributed by atoms with Crippen LogP contribution in [0, 0.1) is 0 Å². The van der Waals surface area contributed by atoms with Crippen molar-refractivity contribution in [1.82, 2.24) is 14.9 Å². The number of fused-ring (bicyclic) bond motifs is 1. The molecule has 0 unspecified atom stereocenters. The Bertz CT molecular complexity index is 1300. The molecule has 0 aliphatic carbocycles. The molecule has 8 heteroatoms. The summed E-state index contributed by atoms with van der Waals surface area (Å²) in [5, 5.41) is 3.32. The second-order valence-electron chi connectivity index (χ2n) is 9.19. The van der Waals surface area contributed by atoms with Gasteiger partial charge < -0.3 is 25.4 Å². The van der Waals surface area contributed by atoms with Crippen LogP contribution in [-0.4, -0.2) is 54.3 Å². The average Bonchev–Trinajstić information content (AvgIpc) is 2.96. The normalized spacial score (nSPS) is 15.5. The van der Waals surface area contributed by atoms with Gasteiger partial charge in [-0.2, -0.15) is 0 Å². The highest BCUT2D eigenvalue weighted by Gasteiger charge is 2.28. The third kappa shape index (κ3) is 4.88. The zero-order valence-electron chi connectivity index (χ0n) is 20.6. The van der Waals surface area contributed by atoms with Crippen LogP contribution in [0.15, 0.2) is 85.2 Å². The van der Waals surface area contributed by atoms with Crippen molar-refractivity contribution >= 4 is 23.0 Å². The number of hydrogen-bond donors (Lipinski definition) is 2. The van der Waals surface area contributed by atoms with Crippen molar-refractivity contribution in [3.05, 3.63) is 96.3 Å². The van der Waals surface area contributed by atoms with Crippen LogP contribution in [0.2, 0.25) is 0 Å². The number of rotatable bonds is 6. The fourth-order valence-electron chi connectivity index (χ4n) is 5.07. The predicted molar refractivity (Wildman–Crippen MR) is 146 cm³/mol. The Balaban J connectivity index is 1.18. The molecule has 3 N–H and O–H groups in total. The highest BCUT2D eigenvalue weighted by molar-refractivity contribution is 5.78. The molecule has 1 fully saturated rings. The second-order valence-corrected chi connectivity index (χ2v) is 9.19. The molecule has 0 radical (unpaired) electrons. The number of hydrogen-bond acceptors (Lipinski definition) is 8. The lowest BCUT2D eigenvalue weighted by atomic mass is 9.96. The van der Waals surface area contributed by atoms with Gasteiger partial charge in [-0.05, 0) is 23.3 Å². The number of piperazine rings is 1. The molecule has 0 saturated carbocycles. The van der Waals surface area contributed by atoms with Crippen LogP contribution in [0.5, 0.6) is 11.5 Å². The largest absolute Gasteiger partial charge is 0.486 e. The highest BCUT2D eigenvalue weighted by atomic mass is 16.6. The molecule has 0 amide bonds. The summed E-state index contributed by atoms with van der Waals surface area (Å²) in [7, 11) is 0. The Morgan fingerprint density at radius 3 is 2.08 bits per heavy atom. The number of ether oxygens (including phenoxy) is 2. The van der Waals surface area contributed by atoms with E-state index in [9.17, 15) is 0 Å². The van der Waals surface area contributed by atoms with Crippen molar-refractivity contribution < 1.29 is 9.47 Å². The molecule has 3 aromatic carbocycles. The third-order valence-corrected chi connectivity index (χ3v) is 6.88. The van der Waals surface area contributed by atoms with Crippen molar-refractivity contribution in [2.45, 2.75) is 6.04 Å². The molecule has 1 aromatic heterocycles. The number of nitrogens with two attached hydrogens (primary N) is 1. The average molecular weight is 495 g/mol. The van der Waals surface area contributed by atoms with E-state index < -0.39 is 0 Å².